The molecule has 0 spiro atoms. The van der Waals surface area contributed by atoms with Crippen molar-refractivity contribution in [1.29, 1.82) is 0 Å². The molecule has 0 aromatic heterocycles. The summed E-state index contributed by atoms with van der Waals surface area (Å²) in [5.74, 6) is 0. The number of nitrogens with one attached hydrogen (secondary N) is 1. The lowest BCUT2D eigenvalue weighted by Crippen LogP contribution is -2.38. The molecule has 0 radical (unpaired) electrons. The first-order valence-corrected chi connectivity index (χ1v) is 2.80. The van der Waals surface area contributed by atoms with Crippen LogP contribution in [0.15, 0.2) is 0 Å². The second-order valence-electron chi connectivity index (χ2n) is 1.72. The van der Waals surface area contributed by atoms with E-state index < -0.39 is 0 Å². The third kappa shape index (κ3) is 3.01. The zero-order valence-corrected chi connectivity index (χ0v) is 6.24. The van der Waals surface area contributed by atoms with Crippen LogP contribution in [-0.2, 0) is 9.47 Å². The van der Waals surface area contributed by atoms with E-state index in [-0.39, 0.29) is 18.6 Å². The smallest absolute Gasteiger partial charge is 0.131 e. The molecule has 0 aromatic rings. The largest absolute Gasteiger partial charge is 0.375 e. The van der Waals surface area contributed by atoms with Gasteiger partial charge in [0.1, 0.15) is 6.23 Å². The van der Waals surface area contributed by atoms with Gasteiger partial charge in [0.25, 0.3) is 0 Å². The Morgan fingerprint density at radius 2 is 2.22 bits per heavy atom. The van der Waals surface area contributed by atoms with Gasteiger partial charge in [-0.1, -0.05) is 0 Å². The number of likely N-dealkylation sites (N-methyl/N-ethyl adjacent to an activating group) is 1. The predicted octanol–water partition coefficient (Wildman–Crippen LogP) is 0.000500. The third-order valence-corrected chi connectivity index (χ3v) is 1.14. The van der Waals surface area contributed by atoms with E-state index in [0.29, 0.717) is 13.2 Å². The molecule has 0 bridgehead atoms. The highest BCUT2D eigenvalue weighted by molar-refractivity contribution is 5.85. The van der Waals surface area contributed by atoms with Crippen LogP contribution in [0.25, 0.3) is 0 Å². The highest BCUT2D eigenvalue weighted by atomic mass is 35.5. The van der Waals surface area contributed by atoms with Crippen LogP contribution in [0.4, 0.5) is 0 Å². The Morgan fingerprint density at radius 3 is 2.56 bits per heavy atom. The first kappa shape index (κ1) is 9.17. The van der Waals surface area contributed by atoms with Crippen LogP contribution in [0, 0.1) is 0 Å². The van der Waals surface area contributed by atoms with Crippen molar-refractivity contribution in [3.63, 3.8) is 0 Å². The lowest BCUT2D eigenvalue weighted by molar-refractivity contribution is -0.0984. The van der Waals surface area contributed by atoms with E-state index in [1.807, 2.05) is 7.05 Å². The number of ether oxygens (including phenoxy) is 2. The van der Waals surface area contributed by atoms with Crippen molar-refractivity contribution in [1.82, 2.24) is 5.32 Å². The van der Waals surface area contributed by atoms with E-state index >= 15 is 0 Å². The fourth-order valence-electron chi connectivity index (χ4n) is 0.654. The molecule has 1 heterocycles. The lowest BCUT2D eigenvalue weighted by Gasteiger charge is -2.21. The molecule has 0 unspecified atom stereocenters. The van der Waals surface area contributed by atoms with E-state index in [1.54, 1.807) is 0 Å². The van der Waals surface area contributed by atoms with Gasteiger partial charge in [-0.3, -0.25) is 5.32 Å². The molecular weight excluding hydrogens is 142 g/mol. The fraction of sp³-hybridized carbons (Fsp3) is 1.00. The van der Waals surface area contributed by atoms with Gasteiger partial charge in [-0.05, 0) is 7.05 Å². The Hall–Kier alpha value is 0.170. The summed E-state index contributed by atoms with van der Waals surface area (Å²) in [5, 5.41) is 2.96. The van der Waals surface area contributed by atoms with Crippen LogP contribution >= 0.6 is 12.4 Å². The second kappa shape index (κ2) is 4.99. The van der Waals surface area contributed by atoms with Gasteiger partial charge in [-0.25, -0.2) is 0 Å². The summed E-state index contributed by atoms with van der Waals surface area (Å²) in [6.45, 7) is 2.13. The maximum absolute atomic E-state index is 5.19. The minimum absolute atomic E-state index is 0. The van der Waals surface area contributed by atoms with Gasteiger partial charge in [-0.2, -0.15) is 0 Å². The van der Waals surface area contributed by atoms with Gasteiger partial charge >= 0.3 is 0 Å². The van der Waals surface area contributed by atoms with Crippen LogP contribution in [0.5, 0.6) is 0 Å². The molecule has 1 rings (SSSR count). The summed E-state index contributed by atoms with van der Waals surface area (Å²) < 4.78 is 10.3. The van der Waals surface area contributed by atoms with Gasteiger partial charge in [0.15, 0.2) is 0 Å². The van der Waals surface area contributed by atoms with Crippen molar-refractivity contribution in [2.45, 2.75) is 6.23 Å². The van der Waals surface area contributed by atoms with Crippen LogP contribution in [-0.4, -0.2) is 33.1 Å². The van der Waals surface area contributed by atoms with Crippen LogP contribution < -0.4 is 5.32 Å². The van der Waals surface area contributed by atoms with E-state index in [1.165, 1.54) is 0 Å². The molecule has 1 aliphatic rings. The number of halogens is 1. The minimum atomic E-state index is 0. The molecule has 0 aliphatic carbocycles. The average molecular weight is 154 g/mol. The van der Waals surface area contributed by atoms with Crippen LogP contribution in [0.2, 0.25) is 0 Å². The van der Waals surface area contributed by atoms with Crippen molar-refractivity contribution in [3.05, 3.63) is 0 Å². The lowest BCUT2D eigenvalue weighted by atomic mass is 10.5. The highest BCUT2D eigenvalue weighted by Crippen LogP contribution is 1.94. The van der Waals surface area contributed by atoms with Crippen LogP contribution in [0.1, 0.15) is 0 Å². The predicted molar refractivity (Wildman–Crippen MR) is 36.9 cm³/mol. The van der Waals surface area contributed by atoms with Crippen molar-refractivity contribution >= 4 is 12.4 Å². The SMILES string of the molecule is CN[C@@H]1COCCO1.Cl. The monoisotopic (exact) mass is 153 g/mol. The molecule has 56 valence electrons. The minimum Gasteiger partial charge on any atom is -0.375 e. The zero-order chi connectivity index (χ0) is 5.82. The van der Waals surface area contributed by atoms with Crippen LogP contribution in [0.3, 0.4) is 0 Å². The summed E-state index contributed by atoms with van der Waals surface area (Å²) in [6, 6.07) is 0. The molecule has 9 heavy (non-hydrogen) atoms. The van der Waals surface area contributed by atoms with Gasteiger partial charge in [0, 0.05) is 0 Å². The molecular formula is C5H12ClNO2. The molecule has 1 N–H and O–H groups in total. The molecule has 0 amide bonds. The molecule has 0 aromatic carbocycles. The Bertz CT molecular complexity index is 66.0. The first-order chi connectivity index (χ1) is 3.93. The van der Waals surface area contributed by atoms with E-state index in [2.05, 4.69) is 5.32 Å². The maximum Gasteiger partial charge on any atom is 0.131 e. The van der Waals surface area contributed by atoms with Gasteiger partial charge in [0.05, 0.1) is 19.8 Å². The van der Waals surface area contributed by atoms with E-state index in [4.69, 9.17) is 9.47 Å². The molecule has 0 saturated carbocycles. The molecule has 3 nitrogen and oxygen atoms in total. The molecule has 4 heteroatoms. The summed E-state index contributed by atoms with van der Waals surface area (Å²) in [6.07, 6.45) is 0.115. The first-order valence-electron chi connectivity index (χ1n) is 2.80. The van der Waals surface area contributed by atoms with Gasteiger partial charge in [0.2, 0.25) is 0 Å². The second-order valence-corrected chi connectivity index (χ2v) is 1.72. The van der Waals surface area contributed by atoms with Gasteiger partial charge < -0.3 is 9.47 Å². The van der Waals surface area contributed by atoms with Gasteiger partial charge in [-0.15, -0.1) is 12.4 Å². The number of hydrogen-bond acceptors (Lipinski definition) is 3. The number of hydrogen-bond donors (Lipinski definition) is 1. The zero-order valence-electron chi connectivity index (χ0n) is 5.42. The quantitative estimate of drug-likeness (QED) is 0.576. The normalized spacial score (nSPS) is 27.0. The Labute approximate surface area is 61.1 Å². The van der Waals surface area contributed by atoms with Crippen molar-refractivity contribution < 1.29 is 9.47 Å². The summed E-state index contributed by atoms with van der Waals surface area (Å²) >= 11 is 0. The summed E-state index contributed by atoms with van der Waals surface area (Å²) in [7, 11) is 1.86. The number of rotatable bonds is 1. The Kier molecular flexibility index (Phi) is 5.09. The highest BCUT2D eigenvalue weighted by Gasteiger charge is 2.09. The van der Waals surface area contributed by atoms with E-state index in [9.17, 15) is 0 Å². The summed E-state index contributed by atoms with van der Waals surface area (Å²) in [5.41, 5.74) is 0. The molecule has 1 saturated heterocycles. The maximum atomic E-state index is 5.19. The molecule has 1 fully saturated rings. The average Bonchev–Trinajstić information content (AvgIpc) is 1.90. The standard InChI is InChI=1S/C5H11NO2.ClH/c1-6-5-4-7-2-3-8-5;/h5-6H,2-4H2,1H3;1H/t5-;/m0./s1. The van der Waals surface area contributed by atoms with Crippen molar-refractivity contribution in [2.24, 2.45) is 0 Å². The topological polar surface area (TPSA) is 30.5 Å². The molecule has 1 aliphatic heterocycles. The Balaban J connectivity index is 0.000000640. The third-order valence-electron chi connectivity index (χ3n) is 1.14. The van der Waals surface area contributed by atoms with Crippen molar-refractivity contribution in [3.8, 4) is 0 Å². The van der Waals surface area contributed by atoms with Crippen molar-refractivity contribution in [2.75, 3.05) is 26.9 Å². The Morgan fingerprint density at radius 1 is 1.44 bits per heavy atom. The molecule has 1 atom stereocenters. The summed E-state index contributed by atoms with van der Waals surface area (Å²) in [4.78, 5) is 0. The van der Waals surface area contributed by atoms with E-state index in [0.717, 1.165) is 6.61 Å². The fourth-order valence-corrected chi connectivity index (χ4v) is 0.654.